The Bertz CT molecular complexity index is 196. The molecular formula is C11H21NO3. The number of hydrogen-bond donors (Lipinski definition) is 3. The molecule has 0 aliphatic heterocycles. The third-order valence-electron chi connectivity index (χ3n) is 3.12. The second-order valence-electron chi connectivity index (χ2n) is 4.29. The van der Waals surface area contributed by atoms with E-state index in [1.165, 1.54) is 12.8 Å². The molecule has 2 atom stereocenters. The Morgan fingerprint density at radius 1 is 1.33 bits per heavy atom. The number of nitrogens with one attached hydrogen (secondary N) is 1. The van der Waals surface area contributed by atoms with Crippen LogP contribution in [0.3, 0.4) is 0 Å². The van der Waals surface area contributed by atoms with Gasteiger partial charge in [0.2, 0.25) is 0 Å². The third-order valence-corrected chi connectivity index (χ3v) is 3.12. The summed E-state index contributed by atoms with van der Waals surface area (Å²) in [5.41, 5.74) is 0. The zero-order valence-corrected chi connectivity index (χ0v) is 9.11. The molecule has 15 heavy (non-hydrogen) atoms. The van der Waals surface area contributed by atoms with E-state index in [-0.39, 0.29) is 13.0 Å². The van der Waals surface area contributed by atoms with Gasteiger partial charge in [-0.05, 0) is 31.7 Å². The zero-order valence-electron chi connectivity index (χ0n) is 9.11. The third kappa shape index (κ3) is 4.62. The minimum absolute atomic E-state index is 0.226. The molecule has 0 saturated heterocycles. The van der Waals surface area contributed by atoms with Crippen LogP contribution >= 0.6 is 0 Å². The van der Waals surface area contributed by atoms with Crippen molar-refractivity contribution in [1.82, 2.24) is 5.32 Å². The van der Waals surface area contributed by atoms with E-state index in [4.69, 9.17) is 5.11 Å². The van der Waals surface area contributed by atoms with Crippen molar-refractivity contribution in [1.29, 1.82) is 0 Å². The van der Waals surface area contributed by atoms with Crippen LogP contribution in [0.15, 0.2) is 0 Å². The van der Waals surface area contributed by atoms with Crippen molar-refractivity contribution in [3.05, 3.63) is 0 Å². The Balaban J connectivity index is 2.15. The maximum absolute atomic E-state index is 10.3. The highest BCUT2D eigenvalue weighted by atomic mass is 16.4. The molecule has 0 radical (unpaired) electrons. The smallest absolute Gasteiger partial charge is 0.303 e. The average molecular weight is 215 g/mol. The van der Waals surface area contributed by atoms with E-state index in [2.05, 4.69) is 5.32 Å². The Morgan fingerprint density at radius 2 is 2.07 bits per heavy atom. The molecule has 0 spiro atoms. The molecule has 1 rings (SSSR count). The van der Waals surface area contributed by atoms with Gasteiger partial charge in [-0.1, -0.05) is 12.8 Å². The lowest BCUT2D eigenvalue weighted by molar-refractivity contribution is -0.137. The van der Waals surface area contributed by atoms with E-state index in [9.17, 15) is 9.90 Å². The fourth-order valence-electron chi connectivity index (χ4n) is 2.22. The Kier molecular flexibility index (Phi) is 5.65. The number of hydrogen-bond acceptors (Lipinski definition) is 3. The first-order valence-corrected chi connectivity index (χ1v) is 5.80. The number of aliphatic hydroxyl groups is 1. The van der Waals surface area contributed by atoms with E-state index in [1.807, 2.05) is 0 Å². The Labute approximate surface area is 90.7 Å². The van der Waals surface area contributed by atoms with E-state index in [0.29, 0.717) is 18.4 Å². The van der Waals surface area contributed by atoms with Crippen LogP contribution in [0, 0.1) is 5.92 Å². The first-order valence-electron chi connectivity index (χ1n) is 5.80. The molecular weight excluding hydrogens is 194 g/mol. The molecule has 0 aromatic rings. The summed E-state index contributed by atoms with van der Waals surface area (Å²) in [6.07, 6.45) is 5.52. The van der Waals surface area contributed by atoms with E-state index in [0.717, 1.165) is 19.4 Å². The van der Waals surface area contributed by atoms with Gasteiger partial charge in [0.05, 0.1) is 0 Å². The van der Waals surface area contributed by atoms with Crippen LogP contribution in [0.1, 0.15) is 38.5 Å². The number of carboxylic acids is 1. The number of aliphatic hydroxyl groups excluding tert-OH is 1. The van der Waals surface area contributed by atoms with E-state index >= 15 is 0 Å². The number of carbonyl (C=O) groups is 1. The number of rotatable bonds is 6. The summed E-state index contributed by atoms with van der Waals surface area (Å²) in [5, 5.41) is 21.0. The van der Waals surface area contributed by atoms with Crippen LogP contribution in [0.5, 0.6) is 0 Å². The molecule has 1 aliphatic rings. The first kappa shape index (κ1) is 12.5. The topological polar surface area (TPSA) is 69.6 Å². The summed E-state index contributed by atoms with van der Waals surface area (Å²) in [4.78, 5) is 10.3. The molecule has 1 saturated carbocycles. The lowest BCUT2D eigenvalue weighted by atomic mass is 9.85. The molecule has 0 aromatic carbocycles. The fraction of sp³-hybridized carbons (Fsp3) is 0.909. The van der Waals surface area contributed by atoms with Crippen LogP contribution in [-0.4, -0.2) is 35.4 Å². The lowest BCUT2D eigenvalue weighted by Crippen LogP contribution is -2.40. The molecule has 4 nitrogen and oxygen atoms in total. The van der Waals surface area contributed by atoms with Gasteiger partial charge in [0, 0.05) is 19.1 Å². The van der Waals surface area contributed by atoms with Crippen molar-refractivity contribution in [3.8, 4) is 0 Å². The molecule has 1 fully saturated rings. The zero-order chi connectivity index (χ0) is 11.1. The van der Waals surface area contributed by atoms with Crippen molar-refractivity contribution in [3.63, 3.8) is 0 Å². The van der Waals surface area contributed by atoms with Gasteiger partial charge in [0.25, 0.3) is 0 Å². The van der Waals surface area contributed by atoms with E-state index in [1.54, 1.807) is 0 Å². The number of aliphatic carboxylic acids is 1. The van der Waals surface area contributed by atoms with Gasteiger partial charge in [-0.2, -0.15) is 0 Å². The van der Waals surface area contributed by atoms with Gasteiger partial charge < -0.3 is 15.5 Å². The summed E-state index contributed by atoms with van der Waals surface area (Å²) in [6, 6.07) is 0.387. The van der Waals surface area contributed by atoms with Crippen LogP contribution < -0.4 is 5.32 Å². The summed E-state index contributed by atoms with van der Waals surface area (Å²) < 4.78 is 0. The van der Waals surface area contributed by atoms with Crippen LogP contribution in [0.25, 0.3) is 0 Å². The maximum atomic E-state index is 10.3. The highest BCUT2D eigenvalue weighted by molar-refractivity contribution is 5.66. The van der Waals surface area contributed by atoms with Crippen molar-refractivity contribution in [2.75, 3.05) is 13.2 Å². The number of carboxylic acid groups (broad SMARTS) is 1. The average Bonchev–Trinajstić information content (AvgIpc) is 2.24. The van der Waals surface area contributed by atoms with Gasteiger partial charge >= 0.3 is 5.97 Å². The fourth-order valence-corrected chi connectivity index (χ4v) is 2.22. The molecule has 4 heteroatoms. The van der Waals surface area contributed by atoms with Crippen LogP contribution in [-0.2, 0) is 4.79 Å². The standard InChI is InChI=1S/C11H21NO3/c13-8-9-4-1-2-5-10(9)12-7-3-6-11(14)15/h9-10,12-13H,1-8H2,(H,14,15). The Morgan fingerprint density at radius 3 is 2.73 bits per heavy atom. The maximum Gasteiger partial charge on any atom is 0.303 e. The minimum Gasteiger partial charge on any atom is -0.481 e. The van der Waals surface area contributed by atoms with Gasteiger partial charge in [0.1, 0.15) is 0 Å². The second-order valence-corrected chi connectivity index (χ2v) is 4.29. The van der Waals surface area contributed by atoms with Crippen molar-refractivity contribution >= 4 is 5.97 Å². The summed E-state index contributed by atoms with van der Waals surface area (Å²) in [6.45, 7) is 0.990. The minimum atomic E-state index is -0.737. The first-order chi connectivity index (χ1) is 7.24. The second kappa shape index (κ2) is 6.80. The van der Waals surface area contributed by atoms with Crippen LogP contribution in [0.2, 0.25) is 0 Å². The van der Waals surface area contributed by atoms with Crippen molar-refractivity contribution in [2.45, 2.75) is 44.6 Å². The summed E-state index contributed by atoms with van der Waals surface area (Å²) in [7, 11) is 0. The molecule has 0 heterocycles. The summed E-state index contributed by atoms with van der Waals surface area (Å²) in [5.74, 6) is -0.372. The van der Waals surface area contributed by atoms with Crippen LogP contribution in [0.4, 0.5) is 0 Å². The predicted octanol–water partition coefficient (Wildman–Crippen LogP) is 0.992. The quantitative estimate of drug-likeness (QED) is 0.578. The van der Waals surface area contributed by atoms with Gasteiger partial charge in [-0.25, -0.2) is 0 Å². The van der Waals surface area contributed by atoms with E-state index < -0.39 is 5.97 Å². The molecule has 3 N–H and O–H groups in total. The van der Waals surface area contributed by atoms with Crippen molar-refractivity contribution in [2.24, 2.45) is 5.92 Å². The van der Waals surface area contributed by atoms with Gasteiger partial charge in [-0.3, -0.25) is 4.79 Å². The molecule has 0 aromatic heterocycles. The predicted molar refractivity (Wildman–Crippen MR) is 57.7 cm³/mol. The molecule has 2 unspecified atom stereocenters. The lowest BCUT2D eigenvalue weighted by Gasteiger charge is -2.31. The van der Waals surface area contributed by atoms with Gasteiger partial charge in [0.15, 0.2) is 0 Å². The Hall–Kier alpha value is -0.610. The SMILES string of the molecule is O=C(O)CCCNC1CCCCC1CO. The molecule has 88 valence electrons. The normalized spacial score (nSPS) is 26.5. The largest absolute Gasteiger partial charge is 0.481 e. The molecule has 0 bridgehead atoms. The summed E-state index contributed by atoms with van der Waals surface area (Å²) >= 11 is 0. The highest BCUT2D eigenvalue weighted by Crippen LogP contribution is 2.23. The molecule has 1 aliphatic carbocycles. The molecule has 0 amide bonds. The highest BCUT2D eigenvalue weighted by Gasteiger charge is 2.23. The monoisotopic (exact) mass is 215 g/mol. The van der Waals surface area contributed by atoms with Crippen molar-refractivity contribution < 1.29 is 15.0 Å². The van der Waals surface area contributed by atoms with Gasteiger partial charge in [-0.15, -0.1) is 0 Å².